The Bertz CT molecular complexity index is 253. The fraction of sp³-hybridized carbons (Fsp3) is 0.667. The molecule has 1 fully saturated rings. The topological polar surface area (TPSA) is 27.8 Å². The average molecular weight is 192 g/mol. The van der Waals surface area contributed by atoms with E-state index < -0.39 is 0 Å². The molecular weight excluding hydrogens is 172 g/mol. The predicted octanol–water partition coefficient (Wildman–Crippen LogP) is 2.68. The van der Waals surface area contributed by atoms with Crippen molar-refractivity contribution in [2.24, 2.45) is 5.92 Å². The van der Waals surface area contributed by atoms with Crippen molar-refractivity contribution >= 4 is 0 Å². The lowest BCUT2D eigenvalue weighted by Gasteiger charge is -2.27. The Kier molecular flexibility index (Phi) is 3.25. The second kappa shape index (κ2) is 4.65. The Balaban J connectivity index is 1.75. The van der Waals surface area contributed by atoms with E-state index in [0.29, 0.717) is 0 Å². The van der Waals surface area contributed by atoms with Crippen LogP contribution in [0, 0.1) is 5.92 Å². The summed E-state index contributed by atoms with van der Waals surface area (Å²) in [4.78, 5) is 3.23. The molecule has 2 unspecified atom stereocenters. The normalized spacial score (nSPS) is 27.8. The Morgan fingerprint density at radius 1 is 1.50 bits per heavy atom. The summed E-state index contributed by atoms with van der Waals surface area (Å²) in [6.07, 6.45) is 7.50. The van der Waals surface area contributed by atoms with Crippen LogP contribution in [-0.4, -0.2) is 11.0 Å². The first-order chi connectivity index (χ1) is 6.84. The van der Waals surface area contributed by atoms with Gasteiger partial charge in [0.15, 0.2) is 0 Å². The van der Waals surface area contributed by atoms with Crippen LogP contribution in [0.1, 0.15) is 38.3 Å². The van der Waals surface area contributed by atoms with Crippen LogP contribution in [0.25, 0.3) is 0 Å². The molecule has 2 N–H and O–H groups in total. The lowest BCUT2D eigenvalue weighted by molar-refractivity contribution is 0.300. The number of aromatic nitrogens is 1. The SMILES string of the molecule is CC1CCCC(NCc2ccc[nH]2)C1. The molecule has 0 bridgehead atoms. The summed E-state index contributed by atoms with van der Waals surface area (Å²) in [6, 6.07) is 4.93. The molecule has 0 aromatic carbocycles. The van der Waals surface area contributed by atoms with Crippen molar-refractivity contribution in [2.75, 3.05) is 0 Å². The summed E-state index contributed by atoms with van der Waals surface area (Å²) < 4.78 is 0. The summed E-state index contributed by atoms with van der Waals surface area (Å²) in [6.45, 7) is 3.35. The molecule has 0 amide bonds. The highest BCUT2D eigenvalue weighted by molar-refractivity contribution is 5.03. The van der Waals surface area contributed by atoms with Gasteiger partial charge >= 0.3 is 0 Å². The smallest absolute Gasteiger partial charge is 0.0359 e. The van der Waals surface area contributed by atoms with Gasteiger partial charge in [0.2, 0.25) is 0 Å². The molecule has 0 aliphatic heterocycles. The quantitative estimate of drug-likeness (QED) is 0.757. The zero-order valence-electron chi connectivity index (χ0n) is 8.92. The standard InChI is InChI=1S/C12H20N2/c1-10-4-2-5-11(8-10)14-9-12-6-3-7-13-12/h3,6-7,10-11,13-14H,2,4-5,8-9H2,1H3. The van der Waals surface area contributed by atoms with Crippen molar-refractivity contribution in [3.05, 3.63) is 24.0 Å². The van der Waals surface area contributed by atoms with Crippen LogP contribution in [0.2, 0.25) is 0 Å². The monoisotopic (exact) mass is 192 g/mol. The molecule has 2 atom stereocenters. The van der Waals surface area contributed by atoms with E-state index >= 15 is 0 Å². The summed E-state index contributed by atoms with van der Waals surface area (Å²) >= 11 is 0. The van der Waals surface area contributed by atoms with Gasteiger partial charge < -0.3 is 10.3 Å². The third kappa shape index (κ3) is 2.61. The molecule has 0 radical (unpaired) electrons. The summed E-state index contributed by atoms with van der Waals surface area (Å²) in [5.74, 6) is 0.907. The molecule has 2 nitrogen and oxygen atoms in total. The van der Waals surface area contributed by atoms with Gasteiger partial charge in [-0.2, -0.15) is 0 Å². The van der Waals surface area contributed by atoms with Gasteiger partial charge in [-0.25, -0.2) is 0 Å². The molecule has 1 heterocycles. The van der Waals surface area contributed by atoms with E-state index in [4.69, 9.17) is 0 Å². The minimum absolute atomic E-state index is 0.738. The zero-order valence-corrected chi connectivity index (χ0v) is 8.92. The minimum atomic E-state index is 0.738. The number of H-pyrrole nitrogens is 1. The Labute approximate surface area is 86.1 Å². The van der Waals surface area contributed by atoms with E-state index in [2.05, 4.69) is 29.4 Å². The van der Waals surface area contributed by atoms with E-state index in [1.54, 1.807) is 0 Å². The number of hydrogen-bond acceptors (Lipinski definition) is 1. The van der Waals surface area contributed by atoms with Crippen molar-refractivity contribution in [3.63, 3.8) is 0 Å². The van der Waals surface area contributed by atoms with Crippen molar-refractivity contribution < 1.29 is 0 Å². The summed E-state index contributed by atoms with van der Waals surface area (Å²) in [5.41, 5.74) is 1.29. The fourth-order valence-corrected chi connectivity index (χ4v) is 2.35. The number of hydrogen-bond donors (Lipinski definition) is 2. The molecule has 0 saturated heterocycles. The Hall–Kier alpha value is -0.760. The molecule has 1 saturated carbocycles. The first kappa shape index (κ1) is 9.78. The summed E-state index contributed by atoms with van der Waals surface area (Å²) in [5, 5.41) is 3.62. The lowest BCUT2D eigenvalue weighted by Crippen LogP contribution is -2.33. The molecule has 14 heavy (non-hydrogen) atoms. The molecule has 2 heteroatoms. The van der Waals surface area contributed by atoms with Crippen LogP contribution in [0.15, 0.2) is 18.3 Å². The highest BCUT2D eigenvalue weighted by atomic mass is 14.9. The zero-order chi connectivity index (χ0) is 9.80. The van der Waals surface area contributed by atoms with Gasteiger partial charge in [-0.05, 0) is 30.9 Å². The minimum Gasteiger partial charge on any atom is -0.364 e. The lowest BCUT2D eigenvalue weighted by atomic mass is 9.87. The highest BCUT2D eigenvalue weighted by Crippen LogP contribution is 2.23. The first-order valence-electron chi connectivity index (χ1n) is 5.70. The predicted molar refractivity (Wildman–Crippen MR) is 59.1 cm³/mol. The van der Waals surface area contributed by atoms with E-state index in [0.717, 1.165) is 18.5 Å². The Morgan fingerprint density at radius 2 is 2.43 bits per heavy atom. The van der Waals surface area contributed by atoms with Crippen molar-refractivity contribution in [1.29, 1.82) is 0 Å². The number of nitrogens with one attached hydrogen (secondary N) is 2. The van der Waals surface area contributed by atoms with Crippen LogP contribution < -0.4 is 5.32 Å². The largest absolute Gasteiger partial charge is 0.364 e. The second-order valence-corrected chi connectivity index (χ2v) is 4.54. The van der Waals surface area contributed by atoms with Gasteiger partial charge in [-0.15, -0.1) is 0 Å². The van der Waals surface area contributed by atoms with E-state index in [9.17, 15) is 0 Å². The highest BCUT2D eigenvalue weighted by Gasteiger charge is 2.17. The van der Waals surface area contributed by atoms with Gasteiger partial charge in [0.1, 0.15) is 0 Å². The fourth-order valence-electron chi connectivity index (χ4n) is 2.35. The number of aromatic amines is 1. The van der Waals surface area contributed by atoms with Gasteiger partial charge in [0.05, 0.1) is 0 Å². The van der Waals surface area contributed by atoms with Crippen molar-refractivity contribution in [2.45, 2.75) is 45.2 Å². The summed E-state index contributed by atoms with van der Waals surface area (Å²) in [7, 11) is 0. The maximum Gasteiger partial charge on any atom is 0.0359 e. The molecule has 1 aliphatic rings. The molecular formula is C12H20N2. The Morgan fingerprint density at radius 3 is 3.14 bits per heavy atom. The second-order valence-electron chi connectivity index (χ2n) is 4.54. The van der Waals surface area contributed by atoms with Crippen molar-refractivity contribution in [3.8, 4) is 0 Å². The maximum absolute atomic E-state index is 3.62. The average Bonchev–Trinajstić information content (AvgIpc) is 2.67. The van der Waals surface area contributed by atoms with Crippen LogP contribution in [0.3, 0.4) is 0 Å². The van der Waals surface area contributed by atoms with Gasteiger partial charge in [0, 0.05) is 24.5 Å². The first-order valence-corrected chi connectivity index (χ1v) is 5.70. The van der Waals surface area contributed by atoms with E-state index in [-0.39, 0.29) is 0 Å². The van der Waals surface area contributed by atoms with E-state index in [1.807, 2.05) is 6.20 Å². The van der Waals surface area contributed by atoms with Crippen LogP contribution >= 0.6 is 0 Å². The van der Waals surface area contributed by atoms with Gasteiger partial charge in [0.25, 0.3) is 0 Å². The van der Waals surface area contributed by atoms with E-state index in [1.165, 1.54) is 31.4 Å². The molecule has 1 aromatic rings. The van der Waals surface area contributed by atoms with Crippen LogP contribution in [0.5, 0.6) is 0 Å². The number of rotatable bonds is 3. The van der Waals surface area contributed by atoms with Gasteiger partial charge in [-0.3, -0.25) is 0 Å². The third-order valence-electron chi connectivity index (χ3n) is 3.18. The third-order valence-corrected chi connectivity index (χ3v) is 3.18. The molecule has 78 valence electrons. The van der Waals surface area contributed by atoms with Crippen LogP contribution in [-0.2, 0) is 6.54 Å². The maximum atomic E-state index is 3.62. The molecule has 0 spiro atoms. The van der Waals surface area contributed by atoms with Crippen LogP contribution in [0.4, 0.5) is 0 Å². The molecule has 1 aliphatic carbocycles. The molecule has 1 aromatic heterocycles. The van der Waals surface area contributed by atoms with Gasteiger partial charge in [-0.1, -0.05) is 19.8 Å². The van der Waals surface area contributed by atoms with Crippen molar-refractivity contribution in [1.82, 2.24) is 10.3 Å². The molecule has 2 rings (SSSR count).